The van der Waals surface area contributed by atoms with Crippen LogP contribution in [0.2, 0.25) is 0 Å². The van der Waals surface area contributed by atoms with Crippen LogP contribution < -0.4 is 10.9 Å². The summed E-state index contributed by atoms with van der Waals surface area (Å²) < 4.78 is 4.71. The summed E-state index contributed by atoms with van der Waals surface area (Å²) in [6, 6.07) is 0. The molecule has 7 heteroatoms. The minimum Gasteiger partial charge on any atom is -0.469 e. The number of nitrogens with one attached hydrogen (secondary N) is 2. The smallest absolute Gasteiger partial charge is 0.310 e. The normalized spacial score (nSPS) is 23.5. The molecule has 2 unspecified atom stereocenters. The fourth-order valence-electron chi connectivity index (χ4n) is 2.05. The maximum atomic E-state index is 11.5. The molecule has 1 rings (SSSR count). The Morgan fingerprint density at radius 1 is 1.28 bits per heavy atom. The molecule has 0 radical (unpaired) electrons. The zero-order valence-corrected chi connectivity index (χ0v) is 10.9. The summed E-state index contributed by atoms with van der Waals surface area (Å²) in [7, 11) is 1.36. The molecule has 0 saturated carbocycles. The van der Waals surface area contributed by atoms with Crippen LogP contribution in [0.4, 0.5) is 0 Å². The van der Waals surface area contributed by atoms with E-state index in [9.17, 15) is 14.4 Å². The fourth-order valence-corrected chi connectivity index (χ4v) is 2.05. The van der Waals surface area contributed by atoms with Gasteiger partial charge >= 0.3 is 5.97 Å². The number of nitrogens with zero attached hydrogens (tertiary/aromatic N) is 1. The number of esters is 1. The zero-order chi connectivity index (χ0) is 13.7. The monoisotopic (exact) mass is 257 g/mol. The highest BCUT2D eigenvalue weighted by atomic mass is 16.5. The van der Waals surface area contributed by atoms with Crippen LogP contribution >= 0.6 is 0 Å². The molecule has 102 valence electrons. The fraction of sp³-hybridized carbons (Fsp3) is 0.727. The summed E-state index contributed by atoms with van der Waals surface area (Å²) in [5.41, 5.74) is 4.50. The summed E-state index contributed by atoms with van der Waals surface area (Å²) in [6.07, 6.45) is 0. The molecule has 1 fully saturated rings. The Morgan fingerprint density at radius 3 is 2.50 bits per heavy atom. The van der Waals surface area contributed by atoms with Gasteiger partial charge in [0.05, 0.1) is 19.6 Å². The molecule has 1 heterocycles. The third-order valence-corrected chi connectivity index (χ3v) is 2.94. The van der Waals surface area contributed by atoms with Crippen LogP contribution in [0.15, 0.2) is 0 Å². The van der Waals surface area contributed by atoms with Crippen LogP contribution in [-0.4, -0.2) is 49.4 Å². The van der Waals surface area contributed by atoms with Gasteiger partial charge in [0.1, 0.15) is 0 Å². The van der Waals surface area contributed by atoms with E-state index < -0.39 is 0 Å². The van der Waals surface area contributed by atoms with Crippen LogP contribution in [0.1, 0.15) is 13.8 Å². The molecule has 0 aromatic rings. The molecule has 0 aromatic carbocycles. The number of likely N-dealkylation sites (tertiary alicyclic amines) is 1. The van der Waals surface area contributed by atoms with Crippen LogP contribution in [0, 0.1) is 11.8 Å². The van der Waals surface area contributed by atoms with E-state index in [1.165, 1.54) is 14.0 Å². The first kappa shape index (κ1) is 14.4. The highest BCUT2D eigenvalue weighted by Gasteiger charge is 2.36. The van der Waals surface area contributed by atoms with Gasteiger partial charge < -0.3 is 4.74 Å². The van der Waals surface area contributed by atoms with Gasteiger partial charge in [-0.3, -0.25) is 30.1 Å². The van der Waals surface area contributed by atoms with Crippen LogP contribution in [0.3, 0.4) is 0 Å². The van der Waals surface area contributed by atoms with E-state index in [0.717, 1.165) is 0 Å². The van der Waals surface area contributed by atoms with Crippen LogP contribution in [0.5, 0.6) is 0 Å². The van der Waals surface area contributed by atoms with Gasteiger partial charge in [-0.15, -0.1) is 0 Å². The maximum absolute atomic E-state index is 11.5. The number of methoxy groups -OCH3 is 1. The molecule has 1 saturated heterocycles. The van der Waals surface area contributed by atoms with Crippen molar-refractivity contribution in [3.8, 4) is 0 Å². The minimum atomic E-state index is -0.328. The lowest BCUT2D eigenvalue weighted by atomic mass is 9.99. The molecule has 0 aromatic heterocycles. The molecule has 0 aliphatic carbocycles. The highest BCUT2D eigenvalue weighted by Crippen LogP contribution is 2.23. The first-order valence-corrected chi connectivity index (χ1v) is 5.79. The lowest BCUT2D eigenvalue weighted by Gasteiger charge is -2.14. The highest BCUT2D eigenvalue weighted by molar-refractivity contribution is 5.82. The Balaban J connectivity index is 2.39. The van der Waals surface area contributed by atoms with Crippen molar-refractivity contribution in [2.45, 2.75) is 13.8 Å². The zero-order valence-electron chi connectivity index (χ0n) is 10.9. The van der Waals surface area contributed by atoms with E-state index in [1.54, 1.807) is 0 Å². The minimum absolute atomic E-state index is 0.151. The van der Waals surface area contributed by atoms with Crippen molar-refractivity contribution in [2.75, 3.05) is 26.7 Å². The van der Waals surface area contributed by atoms with E-state index in [1.807, 2.05) is 11.8 Å². The van der Waals surface area contributed by atoms with Crippen molar-refractivity contribution in [3.05, 3.63) is 0 Å². The Kier molecular flexibility index (Phi) is 5.08. The first-order valence-electron chi connectivity index (χ1n) is 5.79. The van der Waals surface area contributed by atoms with Crippen molar-refractivity contribution in [2.24, 2.45) is 11.8 Å². The summed E-state index contributed by atoms with van der Waals surface area (Å²) in [4.78, 5) is 35.4. The average molecular weight is 257 g/mol. The van der Waals surface area contributed by atoms with E-state index in [0.29, 0.717) is 13.1 Å². The topological polar surface area (TPSA) is 87.7 Å². The second-order valence-corrected chi connectivity index (χ2v) is 4.53. The van der Waals surface area contributed by atoms with E-state index in [4.69, 9.17) is 4.74 Å². The molecule has 2 atom stereocenters. The Labute approximate surface area is 106 Å². The molecule has 0 bridgehead atoms. The molecule has 0 spiro atoms. The van der Waals surface area contributed by atoms with Gasteiger partial charge in [0, 0.05) is 20.0 Å². The molecular weight excluding hydrogens is 238 g/mol. The molecule has 2 amide bonds. The summed E-state index contributed by atoms with van der Waals surface area (Å²) in [6.45, 7) is 4.57. The average Bonchev–Trinajstić information content (AvgIpc) is 2.66. The number of carbonyl (C=O) groups excluding carboxylic acids is 3. The molecule has 7 nitrogen and oxygen atoms in total. The van der Waals surface area contributed by atoms with Gasteiger partial charge in [0.25, 0.3) is 5.91 Å². The molecule has 18 heavy (non-hydrogen) atoms. The van der Waals surface area contributed by atoms with Gasteiger partial charge in [0.2, 0.25) is 5.91 Å². The van der Waals surface area contributed by atoms with Crippen LogP contribution in [0.25, 0.3) is 0 Å². The predicted octanol–water partition coefficient (Wildman–Crippen LogP) is -1.11. The summed E-state index contributed by atoms with van der Waals surface area (Å²) in [5.74, 6) is -0.907. The Bertz CT molecular complexity index is 345. The third kappa shape index (κ3) is 3.99. The van der Waals surface area contributed by atoms with E-state index >= 15 is 0 Å². The van der Waals surface area contributed by atoms with Gasteiger partial charge in [-0.05, 0) is 5.92 Å². The molecule has 1 aliphatic heterocycles. The SMILES string of the molecule is COC(=O)C1CN(CC(=O)NNC(C)=O)CC1C. The molecule has 1 aliphatic rings. The van der Waals surface area contributed by atoms with Crippen molar-refractivity contribution < 1.29 is 19.1 Å². The van der Waals surface area contributed by atoms with E-state index in [-0.39, 0.29) is 36.2 Å². The van der Waals surface area contributed by atoms with Gasteiger partial charge in [0.15, 0.2) is 0 Å². The van der Waals surface area contributed by atoms with Crippen LogP contribution in [-0.2, 0) is 19.1 Å². The predicted molar refractivity (Wildman–Crippen MR) is 63.1 cm³/mol. The standard InChI is InChI=1S/C11H19N3O4/c1-7-4-14(5-9(7)11(17)18-3)6-10(16)13-12-8(2)15/h7,9H,4-6H2,1-3H3,(H,12,15)(H,13,16). The number of ether oxygens (including phenoxy) is 1. The number of hydrogen-bond acceptors (Lipinski definition) is 5. The second kappa shape index (κ2) is 6.34. The van der Waals surface area contributed by atoms with Gasteiger partial charge in [-0.25, -0.2) is 0 Å². The second-order valence-electron chi connectivity index (χ2n) is 4.53. The number of hydrogen-bond donors (Lipinski definition) is 2. The van der Waals surface area contributed by atoms with Crippen molar-refractivity contribution in [1.29, 1.82) is 0 Å². The van der Waals surface area contributed by atoms with Crippen molar-refractivity contribution in [3.63, 3.8) is 0 Å². The Morgan fingerprint density at radius 2 is 1.94 bits per heavy atom. The molecular formula is C11H19N3O4. The number of rotatable bonds is 3. The van der Waals surface area contributed by atoms with Crippen molar-refractivity contribution >= 4 is 17.8 Å². The first-order chi connectivity index (χ1) is 8.43. The number of hydrazine groups is 1. The summed E-state index contributed by atoms with van der Waals surface area (Å²) in [5, 5.41) is 0. The molecule has 2 N–H and O–H groups in total. The van der Waals surface area contributed by atoms with Crippen molar-refractivity contribution in [1.82, 2.24) is 15.8 Å². The lowest BCUT2D eigenvalue weighted by molar-refractivity contribution is -0.146. The third-order valence-electron chi connectivity index (χ3n) is 2.94. The maximum Gasteiger partial charge on any atom is 0.310 e. The van der Waals surface area contributed by atoms with Gasteiger partial charge in [-0.1, -0.05) is 6.92 Å². The van der Waals surface area contributed by atoms with Gasteiger partial charge in [-0.2, -0.15) is 0 Å². The van der Waals surface area contributed by atoms with E-state index in [2.05, 4.69) is 10.9 Å². The Hall–Kier alpha value is -1.63. The quantitative estimate of drug-likeness (QED) is 0.495. The number of carbonyl (C=O) groups is 3. The summed E-state index contributed by atoms with van der Waals surface area (Å²) >= 11 is 0. The number of amides is 2. The lowest BCUT2D eigenvalue weighted by Crippen LogP contribution is -2.45. The largest absolute Gasteiger partial charge is 0.469 e.